The summed E-state index contributed by atoms with van der Waals surface area (Å²) >= 11 is 0. The fraction of sp³-hybridized carbons (Fsp3) is 0.208. The first-order valence-corrected chi connectivity index (χ1v) is 9.78. The molecule has 0 radical (unpaired) electrons. The van der Waals surface area contributed by atoms with Crippen LogP contribution in [0.2, 0.25) is 0 Å². The number of phenols is 1. The summed E-state index contributed by atoms with van der Waals surface area (Å²) in [5.74, 6) is -0.603. The number of Topliss-reactive ketones (excluding diaryl/α,β-unsaturated/α-hetero) is 1. The number of aromatic nitrogens is 2. The number of para-hydroxylation sites is 1. The van der Waals surface area contributed by atoms with Crippen LogP contribution < -0.4 is 5.32 Å². The molecule has 0 aliphatic rings. The molecule has 0 saturated carbocycles. The summed E-state index contributed by atoms with van der Waals surface area (Å²) in [4.78, 5) is 30.5. The molecule has 160 valence electrons. The molecule has 6 heteroatoms. The van der Waals surface area contributed by atoms with E-state index in [4.69, 9.17) is 0 Å². The molecule has 0 bridgehead atoms. The summed E-state index contributed by atoms with van der Waals surface area (Å²) in [7, 11) is 0. The fourth-order valence-corrected chi connectivity index (χ4v) is 2.14. The lowest BCUT2D eigenvalue weighted by atomic mass is 10.2. The van der Waals surface area contributed by atoms with Crippen LogP contribution in [0.5, 0.6) is 5.75 Å². The fourth-order valence-electron chi connectivity index (χ4n) is 2.14. The van der Waals surface area contributed by atoms with Crippen LogP contribution in [0.1, 0.15) is 55.5 Å². The Morgan fingerprint density at radius 3 is 2.20 bits per heavy atom. The second-order valence-electron chi connectivity index (χ2n) is 5.34. The number of amides is 1. The van der Waals surface area contributed by atoms with Gasteiger partial charge >= 0.3 is 0 Å². The molecule has 0 fully saturated rings. The third-order valence-corrected chi connectivity index (χ3v) is 3.42. The van der Waals surface area contributed by atoms with Crippen LogP contribution in [0.25, 0.3) is 11.0 Å². The summed E-state index contributed by atoms with van der Waals surface area (Å²) in [6, 6.07) is 9.68. The molecule has 3 aromatic rings. The number of benzene rings is 1. The van der Waals surface area contributed by atoms with Crippen molar-refractivity contribution >= 4 is 28.4 Å². The molecule has 0 aliphatic carbocycles. The molecule has 1 amide bonds. The molecule has 2 heterocycles. The highest BCUT2D eigenvalue weighted by Gasteiger charge is 2.12. The van der Waals surface area contributed by atoms with E-state index in [0.717, 1.165) is 5.39 Å². The number of pyridine rings is 1. The molecular formula is C24H31N3O3. The van der Waals surface area contributed by atoms with Gasteiger partial charge in [-0.1, -0.05) is 65.1 Å². The van der Waals surface area contributed by atoms with Crippen molar-refractivity contribution < 1.29 is 14.7 Å². The molecule has 3 rings (SSSR count). The van der Waals surface area contributed by atoms with Gasteiger partial charge in [0.1, 0.15) is 11.4 Å². The first-order valence-electron chi connectivity index (χ1n) is 9.78. The van der Waals surface area contributed by atoms with E-state index in [-0.39, 0.29) is 17.1 Å². The lowest BCUT2D eigenvalue weighted by molar-refractivity contribution is 0.100. The molecule has 0 aliphatic heterocycles. The second kappa shape index (κ2) is 14.3. The predicted molar refractivity (Wildman–Crippen MR) is 125 cm³/mol. The van der Waals surface area contributed by atoms with Crippen molar-refractivity contribution in [2.24, 2.45) is 0 Å². The van der Waals surface area contributed by atoms with Crippen LogP contribution in [-0.2, 0) is 0 Å². The van der Waals surface area contributed by atoms with Gasteiger partial charge in [0.2, 0.25) is 0 Å². The summed E-state index contributed by atoms with van der Waals surface area (Å²) < 4.78 is 0. The Morgan fingerprint density at radius 1 is 1.07 bits per heavy atom. The first-order chi connectivity index (χ1) is 14.5. The largest absolute Gasteiger partial charge is 0.507 e. The van der Waals surface area contributed by atoms with E-state index in [1.54, 1.807) is 36.4 Å². The number of allylic oxidation sites excluding steroid dienone is 2. The number of carbonyl (C=O) groups excluding carboxylic acids is 2. The van der Waals surface area contributed by atoms with E-state index < -0.39 is 5.91 Å². The first kappa shape index (κ1) is 26.3. The van der Waals surface area contributed by atoms with Crippen LogP contribution in [0.15, 0.2) is 67.9 Å². The van der Waals surface area contributed by atoms with E-state index in [2.05, 4.69) is 28.4 Å². The Morgan fingerprint density at radius 2 is 1.67 bits per heavy atom. The zero-order chi connectivity index (χ0) is 23.1. The van der Waals surface area contributed by atoms with Crippen LogP contribution in [0.4, 0.5) is 5.69 Å². The standard InChI is InChI=1S/C16H13N3O3.C4H6.2C2H6/c1-9(20)13-7-10-6-11(8-17-15(10)19-13)18-16(22)12-4-2-3-5-14(12)21;1-3-4-2;2*1-2/h2-8,21H,1H3,(H,17,19)(H,18,22);3-4H,1-2H2;2*1-2H3. The highest BCUT2D eigenvalue weighted by molar-refractivity contribution is 6.06. The number of rotatable bonds is 4. The van der Waals surface area contributed by atoms with Crippen molar-refractivity contribution in [1.29, 1.82) is 0 Å². The van der Waals surface area contributed by atoms with Crippen LogP contribution in [0, 0.1) is 0 Å². The minimum atomic E-state index is -0.429. The third-order valence-electron chi connectivity index (χ3n) is 3.42. The normalized spacial score (nSPS) is 8.83. The van der Waals surface area contributed by atoms with Gasteiger partial charge in [-0.05, 0) is 24.3 Å². The number of carbonyl (C=O) groups is 2. The highest BCUT2D eigenvalue weighted by atomic mass is 16.3. The molecule has 0 atom stereocenters. The Labute approximate surface area is 178 Å². The average molecular weight is 410 g/mol. The minimum Gasteiger partial charge on any atom is -0.507 e. The number of aromatic amines is 1. The van der Waals surface area contributed by atoms with E-state index in [0.29, 0.717) is 17.0 Å². The Balaban J connectivity index is 0.000000924. The molecule has 30 heavy (non-hydrogen) atoms. The average Bonchev–Trinajstić information content (AvgIpc) is 3.21. The van der Waals surface area contributed by atoms with Crippen molar-refractivity contribution in [3.8, 4) is 5.75 Å². The maximum absolute atomic E-state index is 12.1. The van der Waals surface area contributed by atoms with E-state index in [1.807, 2.05) is 27.7 Å². The Kier molecular flexibility index (Phi) is 12.6. The molecule has 0 unspecified atom stereocenters. The SMILES string of the molecule is C=CC=C.CC.CC.CC(=O)c1cc2cc(NC(=O)c3ccccc3O)cnc2[nH]1. The summed E-state index contributed by atoms with van der Waals surface area (Å²) in [6.45, 7) is 16.2. The molecule has 3 N–H and O–H groups in total. The number of hydrogen-bond donors (Lipinski definition) is 3. The Hall–Kier alpha value is -3.67. The van der Waals surface area contributed by atoms with Gasteiger partial charge in [0.15, 0.2) is 5.78 Å². The van der Waals surface area contributed by atoms with Gasteiger partial charge in [0.05, 0.1) is 23.1 Å². The lowest BCUT2D eigenvalue weighted by Gasteiger charge is -2.06. The number of nitrogens with zero attached hydrogens (tertiary/aromatic N) is 1. The summed E-state index contributed by atoms with van der Waals surface area (Å²) in [5, 5.41) is 13.1. The van der Waals surface area contributed by atoms with Crippen molar-refractivity contribution in [3.63, 3.8) is 0 Å². The number of anilines is 1. The predicted octanol–water partition coefficient (Wildman–Crippen LogP) is 6.13. The van der Waals surface area contributed by atoms with Gasteiger partial charge in [-0.3, -0.25) is 9.59 Å². The topological polar surface area (TPSA) is 95.1 Å². The summed E-state index contributed by atoms with van der Waals surface area (Å²) in [6.07, 6.45) is 4.76. The Bertz CT molecular complexity index is 969. The minimum absolute atomic E-state index is 0.0854. The number of aromatic hydroxyl groups is 1. The monoisotopic (exact) mass is 409 g/mol. The lowest BCUT2D eigenvalue weighted by Crippen LogP contribution is -2.12. The van der Waals surface area contributed by atoms with Crippen molar-refractivity contribution in [1.82, 2.24) is 9.97 Å². The molecule has 6 nitrogen and oxygen atoms in total. The quantitative estimate of drug-likeness (QED) is 0.356. The van der Waals surface area contributed by atoms with Crippen molar-refractivity contribution in [2.45, 2.75) is 34.6 Å². The molecule has 0 spiro atoms. The van der Waals surface area contributed by atoms with Gasteiger partial charge in [0.25, 0.3) is 5.91 Å². The van der Waals surface area contributed by atoms with Crippen molar-refractivity contribution in [2.75, 3.05) is 5.32 Å². The maximum Gasteiger partial charge on any atom is 0.259 e. The number of ketones is 1. The molecular weight excluding hydrogens is 378 g/mol. The molecule has 0 saturated heterocycles. The van der Waals surface area contributed by atoms with Gasteiger partial charge in [-0.25, -0.2) is 4.98 Å². The number of nitrogens with one attached hydrogen (secondary N) is 2. The number of hydrogen-bond acceptors (Lipinski definition) is 4. The zero-order valence-electron chi connectivity index (χ0n) is 18.3. The van der Waals surface area contributed by atoms with Crippen molar-refractivity contribution in [3.05, 3.63) is 79.2 Å². The van der Waals surface area contributed by atoms with E-state index in [1.165, 1.54) is 25.3 Å². The van der Waals surface area contributed by atoms with E-state index >= 15 is 0 Å². The molecule has 2 aromatic heterocycles. The number of phenolic OH excluding ortho intramolecular Hbond substituents is 1. The van der Waals surface area contributed by atoms with Crippen LogP contribution in [0.3, 0.4) is 0 Å². The number of H-pyrrole nitrogens is 1. The van der Waals surface area contributed by atoms with E-state index in [9.17, 15) is 14.7 Å². The van der Waals surface area contributed by atoms with Gasteiger partial charge in [-0.15, -0.1) is 0 Å². The van der Waals surface area contributed by atoms with Gasteiger partial charge in [-0.2, -0.15) is 0 Å². The van der Waals surface area contributed by atoms with Crippen LogP contribution in [-0.4, -0.2) is 26.8 Å². The molecule has 1 aromatic carbocycles. The zero-order valence-corrected chi connectivity index (χ0v) is 18.3. The second-order valence-corrected chi connectivity index (χ2v) is 5.34. The third kappa shape index (κ3) is 7.75. The summed E-state index contributed by atoms with van der Waals surface area (Å²) in [5.41, 5.74) is 1.70. The highest BCUT2D eigenvalue weighted by Crippen LogP contribution is 2.21. The van der Waals surface area contributed by atoms with Gasteiger partial charge in [0, 0.05) is 12.3 Å². The maximum atomic E-state index is 12.1. The van der Waals surface area contributed by atoms with Gasteiger partial charge < -0.3 is 15.4 Å². The van der Waals surface area contributed by atoms with Crippen LogP contribution >= 0.6 is 0 Å². The number of fused-ring (bicyclic) bond motifs is 1. The smallest absolute Gasteiger partial charge is 0.259 e.